The van der Waals surface area contributed by atoms with Gasteiger partial charge in [-0.25, -0.2) is 18.6 Å². The molecule has 2 aliphatic heterocycles. The van der Waals surface area contributed by atoms with Crippen molar-refractivity contribution in [2.75, 3.05) is 32.5 Å². The number of anilines is 1. The predicted molar refractivity (Wildman–Crippen MR) is 114 cm³/mol. The van der Waals surface area contributed by atoms with Crippen molar-refractivity contribution < 1.29 is 18.5 Å². The van der Waals surface area contributed by atoms with Gasteiger partial charge in [-0.05, 0) is 30.3 Å². The number of carbonyl (C=O) groups is 1. The van der Waals surface area contributed by atoms with Crippen LogP contribution >= 0.6 is 0 Å². The lowest BCUT2D eigenvalue weighted by Crippen LogP contribution is -2.64. The second-order valence-corrected chi connectivity index (χ2v) is 8.08. The zero-order chi connectivity index (χ0) is 23.0. The van der Waals surface area contributed by atoms with Crippen LogP contribution in [0.4, 0.5) is 25.1 Å². The molecule has 2 aromatic rings. The van der Waals surface area contributed by atoms with E-state index in [-0.39, 0.29) is 31.5 Å². The van der Waals surface area contributed by atoms with E-state index in [2.05, 4.69) is 10.3 Å². The maximum atomic E-state index is 15.1. The summed E-state index contributed by atoms with van der Waals surface area (Å²) < 4.78 is 28.3. The highest BCUT2D eigenvalue weighted by Crippen LogP contribution is 2.34. The fraction of sp³-hybridized carbons (Fsp3) is 0.333. The first-order valence-corrected chi connectivity index (χ1v) is 9.94. The van der Waals surface area contributed by atoms with E-state index < -0.39 is 28.1 Å². The van der Waals surface area contributed by atoms with Crippen LogP contribution in [0.25, 0.3) is 11.3 Å². The smallest absolute Gasteiger partial charge is 0.323 e. The van der Waals surface area contributed by atoms with Gasteiger partial charge in [0, 0.05) is 44.5 Å². The highest BCUT2D eigenvalue weighted by Gasteiger charge is 2.48. The highest BCUT2D eigenvalue weighted by molar-refractivity contribution is 5.91. The average Bonchev–Trinajstić information content (AvgIpc) is 3.04. The SMILES string of the molecule is CN1C=CN(C)C1CC1(F)CN(C(=O)Nc2nc(-c3ccc(F)cc3)ccc2[N+](=O)[O-])C1. The summed E-state index contributed by atoms with van der Waals surface area (Å²) in [6.07, 6.45) is 3.79. The molecule has 4 rings (SSSR count). The molecule has 1 aromatic heterocycles. The van der Waals surface area contributed by atoms with E-state index in [4.69, 9.17) is 0 Å². The zero-order valence-corrected chi connectivity index (χ0v) is 17.5. The number of hydrogen-bond acceptors (Lipinski definition) is 6. The summed E-state index contributed by atoms with van der Waals surface area (Å²) in [5.74, 6) is -0.680. The summed E-state index contributed by atoms with van der Waals surface area (Å²) in [5, 5.41) is 13.8. The van der Waals surface area contributed by atoms with E-state index in [1.165, 1.54) is 41.3 Å². The lowest BCUT2D eigenvalue weighted by atomic mass is 9.91. The molecule has 1 fully saturated rings. The molecule has 0 atom stereocenters. The van der Waals surface area contributed by atoms with Gasteiger partial charge in [0.05, 0.1) is 23.7 Å². The van der Waals surface area contributed by atoms with Crippen LogP contribution in [-0.2, 0) is 0 Å². The predicted octanol–water partition coefficient (Wildman–Crippen LogP) is 3.42. The molecule has 2 aliphatic rings. The summed E-state index contributed by atoms with van der Waals surface area (Å²) in [4.78, 5) is 32.6. The molecule has 11 heteroatoms. The van der Waals surface area contributed by atoms with Gasteiger partial charge in [-0.3, -0.25) is 15.4 Å². The standard InChI is InChI=1S/C21H22F2N6O3/c1-26-9-10-27(2)18(26)11-21(23)12-28(13-21)20(30)25-19-17(29(31)32)8-7-16(24-19)14-3-5-15(22)6-4-14/h3-10,18H,11-13H2,1-2H3,(H,24,25,30). The molecular formula is C21H22F2N6O3. The summed E-state index contributed by atoms with van der Waals surface area (Å²) in [7, 11) is 3.71. The molecule has 2 amide bonds. The summed E-state index contributed by atoms with van der Waals surface area (Å²) in [5.41, 5.74) is -1.08. The Hall–Kier alpha value is -3.76. The quantitative estimate of drug-likeness (QED) is 0.561. The van der Waals surface area contributed by atoms with Gasteiger partial charge in [0.2, 0.25) is 5.82 Å². The normalized spacial score (nSPS) is 17.4. The maximum Gasteiger partial charge on any atom is 0.323 e. The third-order valence-corrected chi connectivity index (χ3v) is 5.70. The van der Waals surface area contributed by atoms with Crippen LogP contribution < -0.4 is 5.32 Å². The van der Waals surface area contributed by atoms with Crippen molar-refractivity contribution in [1.82, 2.24) is 19.7 Å². The minimum Gasteiger partial charge on any atom is -0.359 e. The number of rotatable bonds is 5. The first-order valence-electron chi connectivity index (χ1n) is 9.94. The molecule has 0 radical (unpaired) electrons. The first-order chi connectivity index (χ1) is 15.1. The van der Waals surface area contributed by atoms with Crippen molar-refractivity contribution in [3.8, 4) is 11.3 Å². The van der Waals surface area contributed by atoms with Crippen molar-refractivity contribution >= 4 is 17.5 Å². The van der Waals surface area contributed by atoms with Gasteiger partial charge in [-0.15, -0.1) is 0 Å². The Morgan fingerprint density at radius 2 is 1.81 bits per heavy atom. The van der Waals surface area contributed by atoms with Crippen molar-refractivity contribution in [2.45, 2.75) is 18.3 Å². The lowest BCUT2D eigenvalue weighted by Gasteiger charge is -2.46. The number of pyridine rings is 1. The van der Waals surface area contributed by atoms with Gasteiger partial charge >= 0.3 is 11.7 Å². The third-order valence-electron chi connectivity index (χ3n) is 5.70. The molecule has 32 heavy (non-hydrogen) atoms. The van der Waals surface area contributed by atoms with E-state index in [9.17, 15) is 19.3 Å². The Morgan fingerprint density at radius 1 is 1.19 bits per heavy atom. The number of nitro groups is 1. The molecule has 1 saturated heterocycles. The van der Waals surface area contributed by atoms with Gasteiger partial charge in [-0.1, -0.05) is 0 Å². The molecule has 3 heterocycles. The summed E-state index contributed by atoms with van der Waals surface area (Å²) in [6, 6.07) is 7.41. The highest BCUT2D eigenvalue weighted by atomic mass is 19.1. The van der Waals surface area contributed by atoms with Gasteiger partial charge in [0.15, 0.2) is 0 Å². The molecular weight excluding hydrogens is 422 g/mol. The molecule has 0 bridgehead atoms. The van der Waals surface area contributed by atoms with E-state index in [1.54, 1.807) is 0 Å². The summed E-state index contributed by atoms with van der Waals surface area (Å²) in [6.45, 7) is -0.245. The number of urea groups is 1. The Kier molecular flexibility index (Phi) is 5.41. The number of aromatic nitrogens is 1. The monoisotopic (exact) mass is 444 g/mol. The summed E-state index contributed by atoms with van der Waals surface area (Å²) >= 11 is 0. The van der Waals surface area contributed by atoms with E-state index in [1.807, 2.05) is 36.3 Å². The zero-order valence-electron chi connectivity index (χ0n) is 17.5. The van der Waals surface area contributed by atoms with E-state index >= 15 is 4.39 Å². The van der Waals surface area contributed by atoms with Crippen molar-refractivity contribution in [3.05, 3.63) is 64.7 Å². The lowest BCUT2D eigenvalue weighted by molar-refractivity contribution is -0.384. The topological polar surface area (TPSA) is 94.8 Å². The number of carbonyl (C=O) groups excluding carboxylic acids is 1. The number of nitrogens with zero attached hydrogens (tertiary/aromatic N) is 5. The number of amides is 2. The minimum absolute atomic E-state index is 0.123. The number of likely N-dealkylation sites (tertiary alicyclic amines) is 1. The van der Waals surface area contributed by atoms with Crippen molar-refractivity contribution in [2.24, 2.45) is 0 Å². The fourth-order valence-corrected chi connectivity index (χ4v) is 3.87. The van der Waals surface area contributed by atoms with Crippen LogP contribution in [0.15, 0.2) is 48.8 Å². The largest absolute Gasteiger partial charge is 0.359 e. The Balaban J connectivity index is 1.45. The van der Waals surface area contributed by atoms with Crippen LogP contribution in [0, 0.1) is 15.9 Å². The molecule has 0 unspecified atom stereocenters. The van der Waals surface area contributed by atoms with Crippen LogP contribution in [0.1, 0.15) is 6.42 Å². The van der Waals surface area contributed by atoms with E-state index in [0.717, 1.165) is 0 Å². The molecule has 168 valence electrons. The van der Waals surface area contributed by atoms with Gasteiger partial charge < -0.3 is 14.7 Å². The Bertz CT molecular complexity index is 1060. The van der Waals surface area contributed by atoms with Crippen molar-refractivity contribution in [1.29, 1.82) is 0 Å². The number of hydrogen-bond donors (Lipinski definition) is 1. The van der Waals surface area contributed by atoms with Crippen LogP contribution in [0.3, 0.4) is 0 Å². The van der Waals surface area contributed by atoms with Gasteiger partial charge in [0.1, 0.15) is 17.7 Å². The van der Waals surface area contributed by atoms with Crippen LogP contribution in [0.2, 0.25) is 0 Å². The number of halogens is 2. The van der Waals surface area contributed by atoms with Gasteiger partial charge in [0.25, 0.3) is 0 Å². The number of nitrogens with one attached hydrogen (secondary N) is 1. The second-order valence-electron chi connectivity index (χ2n) is 8.08. The van der Waals surface area contributed by atoms with E-state index in [0.29, 0.717) is 11.3 Å². The molecule has 1 N–H and O–H groups in total. The Morgan fingerprint density at radius 3 is 2.41 bits per heavy atom. The number of alkyl halides is 1. The minimum atomic E-state index is -1.55. The Labute approximate surface area is 183 Å². The third kappa shape index (κ3) is 4.18. The molecule has 1 aromatic carbocycles. The van der Waals surface area contributed by atoms with Crippen LogP contribution in [-0.4, -0.2) is 69.7 Å². The van der Waals surface area contributed by atoms with Gasteiger partial charge in [-0.2, -0.15) is 0 Å². The van der Waals surface area contributed by atoms with Crippen molar-refractivity contribution in [3.63, 3.8) is 0 Å². The second kappa shape index (κ2) is 8.06. The maximum absolute atomic E-state index is 15.1. The number of benzene rings is 1. The molecule has 0 spiro atoms. The molecule has 0 saturated carbocycles. The van der Waals surface area contributed by atoms with Crippen LogP contribution in [0.5, 0.6) is 0 Å². The molecule has 9 nitrogen and oxygen atoms in total. The first kappa shape index (κ1) is 21.5. The fourth-order valence-electron chi connectivity index (χ4n) is 3.87. The molecule has 0 aliphatic carbocycles. The average molecular weight is 444 g/mol.